The molecule has 0 aliphatic carbocycles. The summed E-state index contributed by atoms with van der Waals surface area (Å²) in [4.78, 5) is 0. The fourth-order valence-electron chi connectivity index (χ4n) is 1.75. The highest BCUT2D eigenvalue weighted by molar-refractivity contribution is 5.55. The van der Waals surface area contributed by atoms with Crippen molar-refractivity contribution in [3.63, 3.8) is 0 Å². The van der Waals surface area contributed by atoms with Crippen molar-refractivity contribution in [3.05, 3.63) is 12.1 Å². The number of likely N-dealkylation sites (N-methyl/N-ethyl adjacent to an activating group) is 1. The SMILES string of the molecule is CCNCC(C)Oc1cc(OC)c(OC)c(OC)c1. The van der Waals surface area contributed by atoms with E-state index in [1.165, 1.54) is 0 Å². The van der Waals surface area contributed by atoms with Gasteiger partial charge in [0.15, 0.2) is 11.5 Å². The Balaban J connectivity index is 2.90. The van der Waals surface area contributed by atoms with Gasteiger partial charge < -0.3 is 24.3 Å². The van der Waals surface area contributed by atoms with Crippen LogP contribution in [0.1, 0.15) is 13.8 Å². The van der Waals surface area contributed by atoms with Crippen molar-refractivity contribution >= 4 is 0 Å². The number of methoxy groups -OCH3 is 3. The van der Waals surface area contributed by atoms with Crippen molar-refractivity contribution in [2.24, 2.45) is 0 Å². The molecule has 0 saturated carbocycles. The van der Waals surface area contributed by atoms with Gasteiger partial charge in [-0.1, -0.05) is 6.92 Å². The third-order valence-electron chi connectivity index (χ3n) is 2.66. The zero-order chi connectivity index (χ0) is 14.3. The number of rotatable bonds is 8. The second-order valence-corrected chi connectivity index (χ2v) is 4.10. The maximum Gasteiger partial charge on any atom is 0.203 e. The minimum absolute atomic E-state index is 0.0581. The normalized spacial score (nSPS) is 11.8. The predicted octanol–water partition coefficient (Wildman–Crippen LogP) is 2.09. The van der Waals surface area contributed by atoms with Gasteiger partial charge in [-0.25, -0.2) is 0 Å². The van der Waals surface area contributed by atoms with Crippen LogP contribution in [-0.4, -0.2) is 40.5 Å². The zero-order valence-electron chi connectivity index (χ0n) is 12.3. The molecule has 5 nitrogen and oxygen atoms in total. The molecule has 0 saturated heterocycles. The van der Waals surface area contributed by atoms with Crippen LogP contribution in [0.4, 0.5) is 0 Å². The molecule has 0 amide bonds. The highest BCUT2D eigenvalue weighted by atomic mass is 16.5. The van der Waals surface area contributed by atoms with Crippen molar-refractivity contribution < 1.29 is 18.9 Å². The number of nitrogens with one attached hydrogen (secondary N) is 1. The maximum absolute atomic E-state index is 5.82. The predicted molar refractivity (Wildman–Crippen MR) is 74.7 cm³/mol. The zero-order valence-corrected chi connectivity index (χ0v) is 12.3. The van der Waals surface area contributed by atoms with Crippen LogP contribution >= 0.6 is 0 Å². The smallest absolute Gasteiger partial charge is 0.203 e. The monoisotopic (exact) mass is 269 g/mol. The lowest BCUT2D eigenvalue weighted by atomic mass is 10.2. The molecule has 0 heterocycles. The number of ether oxygens (including phenoxy) is 4. The molecular weight excluding hydrogens is 246 g/mol. The van der Waals surface area contributed by atoms with Gasteiger partial charge in [0.1, 0.15) is 11.9 Å². The summed E-state index contributed by atoms with van der Waals surface area (Å²) < 4.78 is 21.7. The first-order chi connectivity index (χ1) is 9.15. The second kappa shape index (κ2) is 7.74. The van der Waals surface area contributed by atoms with Crippen LogP contribution in [0, 0.1) is 0 Å². The van der Waals surface area contributed by atoms with E-state index in [1.807, 2.05) is 6.92 Å². The molecule has 1 atom stereocenters. The third-order valence-corrected chi connectivity index (χ3v) is 2.66. The number of hydrogen-bond donors (Lipinski definition) is 1. The van der Waals surface area contributed by atoms with Crippen LogP contribution in [0.25, 0.3) is 0 Å². The first-order valence-corrected chi connectivity index (χ1v) is 6.33. The molecule has 0 aliphatic rings. The Kier molecular flexibility index (Phi) is 6.29. The topological polar surface area (TPSA) is 49.0 Å². The van der Waals surface area contributed by atoms with E-state index in [2.05, 4.69) is 12.2 Å². The average Bonchev–Trinajstić information content (AvgIpc) is 2.43. The van der Waals surface area contributed by atoms with E-state index in [9.17, 15) is 0 Å². The summed E-state index contributed by atoms with van der Waals surface area (Å²) in [5.74, 6) is 2.44. The summed E-state index contributed by atoms with van der Waals surface area (Å²) in [7, 11) is 4.75. The number of hydrogen-bond acceptors (Lipinski definition) is 5. The molecule has 1 aromatic carbocycles. The van der Waals surface area contributed by atoms with E-state index >= 15 is 0 Å². The molecule has 1 rings (SSSR count). The highest BCUT2D eigenvalue weighted by Gasteiger charge is 2.15. The Hall–Kier alpha value is -1.62. The van der Waals surface area contributed by atoms with Crippen LogP contribution in [-0.2, 0) is 0 Å². The van der Waals surface area contributed by atoms with E-state index in [-0.39, 0.29) is 6.10 Å². The molecule has 108 valence electrons. The average molecular weight is 269 g/mol. The van der Waals surface area contributed by atoms with Crippen LogP contribution in [0.2, 0.25) is 0 Å². The molecule has 1 N–H and O–H groups in total. The van der Waals surface area contributed by atoms with Gasteiger partial charge in [0, 0.05) is 18.7 Å². The van der Waals surface area contributed by atoms with Gasteiger partial charge in [-0.05, 0) is 13.5 Å². The molecule has 5 heteroatoms. The largest absolute Gasteiger partial charge is 0.493 e. The summed E-state index contributed by atoms with van der Waals surface area (Å²) >= 11 is 0. The van der Waals surface area contributed by atoms with Crippen LogP contribution in [0.15, 0.2) is 12.1 Å². The maximum atomic E-state index is 5.82. The highest BCUT2D eigenvalue weighted by Crippen LogP contribution is 2.40. The van der Waals surface area contributed by atoms with E-state index in [0.717, 1.165) is 13.1 Å². The Bertz CT molecular complexity index is 370. The van der Waals surface area contributed by atoms with E-state index in [0.29, 0.717) is 23.0 Å². The first kappa shape index (κ1) is 15.4. The molecular formula is C14H23NO4. The van der Waals surface area contributed by atoms with Crippen LogP contribution in [0.5, 0.6) is 23.0 Å². The third kappa shape index (κ3) is 4.21. The van der Waals surface area contributed by atoms with Crippen molar-refractivity contribution in [1.82, 2.24) is 5.32 Å². The molecule has 1 unspecified atom stereocenters. The van der Waals surface area contributed by atoms with E-state index in [1.54, 1.807) is 33.5 Å². The lowest BCUT2D eigenvalue weighted by Crippen LogP contribution is -2.28. The van der Waals surface area contributed by atoms with Gasteiger partial charge in [0.2, 0.25) is 5.75 Å². The molecule has 0 bridgehead atoms. The van der Waals surface area contributed by atoms with Gasteiger partial charge in [0.25, 0.3) is 0 Å². The van der Waals surface area contributed by atoms with Gasteiger partial charge in [0.05, 0.1) is 21.3 Å². The summed E-state index contributed by atoms with van der Waals surface area (Å²) in [6.07, 6.45) is 0.0581. The molecule has 1 aromatic rings. The second-order valence-electron chi connectivity index (χ2n) is 4.10. The van der Waals surface area contributed by atoms with Crippen molar-refractivity contribution in [2.45, 2.75) is 20.0 Å². The summed E-state index contributed by atoms with van der Waals surface area (Å²) in [5.41, 5.74) is 0. The number of benzene rings is 1. The molecule has 0 spiro atoms. The molecule has 0 fully saturated rings. The van der Waals surface area contributed by atoms with Gasteiger partial charge in [-0.3, -0.25) is 0 Å². The first-order valence-electron chi connectivity index (χ1n) is 6.33. The lowest BCUT2D eigenvalue weighted by Gasteiger charge is -2.18. The van der Waals surface area contributed by atoms with Crippen molar-refractivity contribution in [2.75, 3.05) is 34.4 Å². The molecule has 0 aromatic heterocycles. The quantitative estimate of drug-likeness (QED) is 0.783. The Labute approximate surface area is 114 Å². The van der Waals surface area contributed by atoms with Gasteiger partial charge in [-0.2, -0.15) is 0 Å². The lowest BCUT2D eigenvalue weighted by molar-refractivity contribution is 0.215. The van der Waals surface area contributed by atoms with E-state index < -0.39 is 0 Å². The van der Waals surface area contributed by atoms with Gasteiger partial charge in [-0.15, -0.1) is 0 Å². The summed E-state index contributed by atoms with van der Waals surface area (Å²) in [5, 5.41) is 3.24. The Morgan fingerprint density at radius 2 is 1.63 bits per heavy atom. The van der Waals surface area contributed by atoms with Crippen molar-refractivity contribution in [3.8, 4) is 23.0 Å². The minimum Gasteiger partial charge on any atom is -0.493 e. The molecule has 19 heavy (non-hydrogen) atoms. The molecule has 0 radical (unpaired) electrons. The van der Waals surface area contributed by atoms with Crippen LogP contribution in [0.3, 0.4) is 0 Å². The van der Waals surface area contributed by atoms with Crippen molar-refractivity contribution in [1.29, 1.82) is 0 Å². The Morgan fingerprint density at radius 3 is 2.05 bits per heavy atom. The van der Waals surface area contributed by atoms with E-state index in [4.69, 9.17) is 18.9 Å². The Morgan fingerprint density at radius 1 is 1.05 bits per heavy atom. The van der Waals surface area contributed by atoms with Gasteiger partial charge >= 0.3 is 0 Å². The standard InChI is InChI=1S/C14H23NO4/c1-6-15-9-10(2)19-11-7-12(16-3)14(18-5)13(8-11)17-4/h7-8,10,15H,6,9H2,1-5H3. The molecule has 0 aliphatic heterocycles. The fraction of sp³-hybridized carbons (Fsp3) is 0.571. The summed E-state index contributed by atoms with van der Waals surface area (Å²) in [6.45, 7) is 5.77. The fourth-order valence-corrected chi connectivity index (χ4v) is 1.75. The van der Waals surface area contributed by atoms with Crippen LogP contribution < -0.4 is 24.3 Å². The minimum atomic E-state index is 0.0581. The summed E-state index contributed by atoms with van der Waals surface area (Å²) in [6, 6.07) is 3.59.